The average Bonchev–Trinajstić information content (AvgIpc) is 2.67. The van der Waals surface area contributed by atoms with E-state index < -0.39 is 0 Å². The van der Waals surface area contributed by atoms with Crippen LogP contribution in [0.4, 0.5) is 4.79 Å². The molecular formula is C10H21N3O. The highest BCUT2D eigenvalue weighted by molar-refractivity contribution is 5.74. The Bertz CT molecular complexity index is 178. The van der Waals surface area contributed by atoms with Crippen molar-refractivity contribution in [1.29, 1.82) is 0 Å². The predicted octanol–water partition coefficient (Wildman–Crippen LogP) is 0.919. The summed E-state index contributed by atoms with van der Waals surface area (Å²) >= 11 is 0. The van der Waals surface area contributed by atoms with Crippen molar-refractivity contribution in [2.45, 2.75) is 38.6 Å². The summed E-state index contributed by atoms with van der Waals surface area (Å²) in [6.45, 7) is 4.50. The lowest BCUT2D eigenvalue weighted by molar-refractivity contribution is 0.208. The van der Waals surface area contributed by atoms with Crippen molar-refractivity contribution < 1.29 is 4.79 Å². The topological polar surface area (TPSA) is 58.4 Å². The normalized spacial score (nSPS) is 18.3. The summed E-state index contributed by atoms with van der Waals surface area (Å²) in [5, 5.41) is 2.87. The standard InChI is InChI=1S/C10H21N3O/c1-2-5-9(11)8-12-10(14)13-6-3-4-7-13/h9H,2-8,11H2,1H3,(H,12,14). The minimum absolute atomic E-state index is 0.0500. The molecule has 1 atom stereocenters. The number of amides is 2. The molecule has 0 spiro atoms. The molecule has 1 fully saturated rings. The average molecular weight is 199 g/mol. The van der Waals surface area contributed by atoms with Crippen LogP contribution in [-0.4, -0.2) is 36.6 Å². The van der Waals surface area contributed by atoms with Crippen molar-refractivity contribution in [3.05, 3.63) is 0 Å². The highest BCUT2D eigenvalue weighted by Crippen LogP contribution is 2.06. The molecule has 0 radical (unpaired) electrons. The lowest BCUT2D eigenvalue weighted by Crippen LogP contribution is -2.43. The smallest absolute Gasteiger partial charge is 0.317 e. The van der Waals surface area contributed by atoms with Crippen LogP contribution in [0.15, 0.2) is 0 Å². The number of carbonyl (C=O) groups excluding carboxylic acids is 1. The lowest BCUT2D eigenvalue weighted by atomic mass is 10.2. The van der Waals surface area contributed by atoms with Gasteiger partial charge < -0.3 is 16.0 Å². The second-order valence-electron chi connectivity index (χ2n) is 3.93. The molecule has 14 heavy (non-hydrogen) atoms. The van der Waals surface area contributed by atoms with E-state index in [1.165, 1.54) is 0 Å². The molecule has 3 N–H and O–H groups in total. The zero-order valence-electron chi connectivity index (χ0n) is 8.96. The maximum Gasteiger partial charge on any atom is 0.317 e. The fraction of sp³-hybridized carbons (Fsp3) is 0.900. The number of nitrogens with two attached hydrogens (primary N) is 1. The Morgan fingerprint density at radius 2 is 2.14 bits per heavy atom. The predicted molar refractivity (Wildman–Crippen MR) is 57.1 cm³/mol. The van der Waals surface area contributed by atoms with E-state index in [0.29, 0.717) is 6.54 Å². The first-order valence-corrected chi connectivity index (χ1v) is 5.52. The molecule has 0 saturated carbocycles. The van der Waals surface area contributed by atoms with Crippen LogP contribution in [0.25, 0.3) is 0 Å². The van der Waals surface area contributed by atoms with Gasteiger partial charge in [-0.2, -0.15) is 0 Å². The van der Waals surface area contributed by atoms with Crippen molar-refractivity contribution >= 4 is 6.03 Å². The summed E-state index contributed by atoms with van der Waals surface area (Å²) in [6, 6.07) is 0.153. The maximum absolute atomic E-state index is 11.5. The molecule has 1 heterocycles. The van der Waals surface area contributed by atoms with E-state index in [0.717, 1.165) is 38.8 Å². The highest BCUT2D eigenvalue weighted by atomic mass is 16.2. The van der Waals surface area contributed by atoms with Crippen LogP contribution in [0.1, 0.15) is 32.6 Å². The lowest BCUT2D eigenvalue weighted by Gasteiger charge is -2.18. The van der Waals surface area contributed by atoms with Crippen molar-refractivity contribution in [3.63, 3.8) is 0 Å². The summed E-state index contributed by atoms with van der Waals surface area (Å²) in [5.74, 6) is 0. The molecule has 4 heteroatoms. The summed E-state index contributed by atoms with van der Waals surface area (Å²) < 4.78 is 0. The van der Waals surface area contributed by atoms with Crippen molar-refractivity contribution in [2.75, 3.05) is 19.6 Å². The van der Waals surface area contributed by atoms with Gasteiger partial charge in [0.1, 0.15) is 0 Å². The zero-order valence-corrected chi connectivity index (χ0v) is 8.96. The maximum atomic E-state index is 11.5. The Kier molecular flexibility index (Phi) is 4.73. The van der Waals surface area contributed by atoms with Gasteiger partial charge in [-0.15, -0.1) is 0 Å². The summed E-state index contributed by atoms with van der Waals surface area (Å²) in [4.78, 5) is 13.4. The first-order valence-electron chi connectivity index (χ1n) is 5.52. The third-order valence-corrected chi connectivity index (χ3v) is 2.57. The van der Waals surface area contributed by atoms with Crippen LogP contribution in [0.2, 0.25) is 0 Å². The molecule has 1 unspecified atom stereocenters. The first kappa shape index (κ1) is 11.3. The summed E-state index contributed by atoms with van der Waals surface area (Å²) in [5.41, 5.74) is 5.80. The molecule has 82 valence electrons. The molecule has 0 aromatic heterocycles. The van der Waals surface area contributed by atoms with Gasteiger partial charge in [-0.05, 0) is 19.3 Å². The number of rotatable bonds is 4. The number of nitrogens with zero attached hydrogens (tertiary/aromatic N) is 1. The molecule has 1 rings (SSSR count). The number of hydrogen-bond donors (Lipinski definition) is 2. The van der Waals surface area contributed by atoms with Crippen LogP contribution in [0.5, 0.6) is 0 Å². The largest absolute Gasteiger partial charge is 0.336 e. The Morgan fingerprint density at radius 1 is 1.50 bits per heavy atom. The molecule has 0 bridgehead atoms. The number of nitrogens with one attached hydrogen (secondary N) is 1. The van der Waals surface area contributed by atoms with Gasteiger partial charge >= 0.3 is 6.03 Å². The van der Waals surface area contributed by atoms with Gasteiger partial charge in [0.15, 0.2) is 0 Å². The van der Waals surface area contributed by atoms with Crippen LogP contribution >= 0.6 is 0 Å². The van der Waals surface area contributed by atoms with E-state index in [1.54, 1.807) is 0 Å². The Morgan fingerprint density at radius 3 is 2.71 bits per heavy atom. The molecule has 0 aliphatic carbocycles. The van der Waals surface area contributed by atoms with E-state index in [-0.39, 0.29) is 12.1 Å². The number of urea groups is 1. The van der Waals surface area contributed by atoms with Crippen LogP contribution in [0, 0.1) is 0 Å². The number of carbonyl (C=O) groups is 1. The second-order valence-corrected chi connectivity index (χ2v) is 3.93. The van der Waals surface area contributed by atoms with Crippen LogP contribution in [-0.2, 0) is 0 Å². The SMILES string of the molecule is CCCC(N)CNC(=O)N1CCCC1. The van der Waals surface area contributed by atoms with Gasteiger partial charge in [-0.3, -0.25) is 0 Å². The fourth-order valence-corrected chi connectivity index (χ4v) is 1.72. The second kappa shape index (κ2) is 5.86. The number of hydrogen-bond acceptors (Lipinski definition) is 2. The van der Waals surface area contributed by atoms with Crippen molar-refractivity contribution in [2.24, 2.45) is 5.73 Å². The third kappa shape index (κ3) is 3.54. The zero-order chi connectivity index (χ0) is 10.4. The van der Waals surface area contributed by atoms with Crippen LogP contribution < -0.4 is 11.1 Å². The van der Waals surface area contributed by atoms with E-state index in [2.05, 4.69) is 12.2 Å². The third-order valence-electron chi connectivity index (χ3n) is 2.57. The van der Waals surface area contributed by atoms with Gasteiger partial charge in [0, 0.05) is 25.7 Å². The Hall–Kier alpha value is -0.770. The highest BCUT2D eigenvalue weighted by Gasteiger charge is 2.17. The van der Waals surface area contributed by atoms with E-state index in [1.807, 2.05) is 4.90 Å². The minimum Gasteiger partial charge on any atom is -0.336 e. The first-order chi connectivity index (χ1) is 6.74. The Labute approximate surface area is 85.8 Å². The van der Waals surface area contributed by atoms with Crippen molar-refractivity contribution in [1.82, 2.24) is 10.2 Å². The monoisotopic (exact) mass is 199 g/mol. The summed E-state index contributed by atoms with van der Waals surface area (Å²) in [6.07, 6.45) is 4.31. The molecule has 1 aliphatic heterocycles. The molecule has 0 aromatic carbocycles. The van der Waals surface area contributed by atoms with Gasteiger partial charge in [-0.25, -0.2) is 4.79 Å². The van der Waals surface area contributed by atoms with E-state index in [9.17, 15) is 4.79 Å². The molecule has 1 aliphatic rings. The van der Waals surface area contributed by atoms with Gasteiger partial charge in [0.2, 0.25) is 0 Å². The molecule has 4 nitrogen and oxygen atoms in total. The molecule has 0 aromatic rings. The minimum atomic E-state index is 0.0500. The summed E-state index contributed by atoms with van der Waals surface area (Å²) in [7, 11) is 0. The van der Waals surface area contributed by atoms with Crippen LogP contribution in [0.3, 0.4) is 0 Å². The quantitative estimate of drug-likeness (QED) is 0.707. The number of likely N-dealkylation sites (tertiary alicyclic amines) is 1. The van der Waals surface area contributed by atoms with Gasteiger partial charge in [-0.1, -0.05) is 13.3 Å². The van der Waals surface area contributed by atoms with Crippen molar-refractivity contribution in [3.8, 4) is 0 Å². The molecule has 1 saturated heterocycles. The van der Waals surface area contributed by atoms with E-state index >= 15 is 0 Å². The molecule has 2 amide bonds. The Balaban J connectivity index is 2.13. The van der Waals surface area contributed by atoms with E-state index in [4.69, 9.17) is 5.73 Å². The van der Waals surface area contributed by atoms with Gasteiger partial charge in [0.05, 0.1) is 0 Å². The van der Waals surface area contributed by atoms with Gasteiger partial charge in [0.25, 0.3) is 0 Å². The fourth-order valence-electron chi connectivity index (χ4n) is 1.72. The molecular weight excluding hydrogens is 178 g/mol.